The first-order chi connectivity index (χ1) is 15.2. The van der Waals surface area contributed by atoms with Crippen molar-refractivity contribution in [2.75, 3.05) is 39.1 Å². The molecular formula is C27H32N2O2S. The van der Waals surface area contributed by atoms with Crippen LogP contribution in [0.25, 0.3) is 0 Å². The van der Waals surface area contributed by atoms with Crippen molar-refractivity contribution in [1.82, 2.24) is 4.90 Å². The normalized spacial score (nSPS) is 14.6. The number of rotatable bonds is 5. The third-order valence-electron chi connectivity index (χ3n) is 6.30. The minimum atomic E-state index is -3.63. The predicted molar refractivity (Wildman–Crippen MR) is 132 cm³/mol. The molecule has 0 amide bonds. The summed E-state index contributed by atoms with van der Waals surface area (Å²) >= 11 is 0. The van der Waals surface area contributed by atoms with E-state index in [1.54, 1.807) is 12.1 Å². The molecule has 4 rings (SSSR count). The molecule has 5 heteroatoms. The lowest BCUT2D eigenvalue weighted by atomic mass is 10.0. The van der Waals surface area contributed by atoms with Gasteiger partial charge in [0, 0.05) is 27.2 Å². The van der Waals surface area contributed by atoms with Gasteiger partial charge >= 0.3 is 0 Å². The number of hydrogen-bond donors (Lipinski definition) is 0. The van der Waals surface area contributed by atoms with E-state index in [-0.39, 0.29) is 0 Å². The van der Waals surface area contributed by atoms with E-state index in [2.05, 4.69) is 49.2 Å². The minimum absolute atomic E-state index is 0.347. The number of benzene rings is 3. The Kier molecular flexibility index (Phi) is 6.40. The molecule has 0 aromatic heterocycles. The fourth-order valence-electron chi connectivity index (χ4n) is 4.39. The Hall–Kier alpha value is -2.63. The van der Waals surface area contributed by atoms with E-state index < -0.39 is 9.84 Å². The minimum Gasteiger partial charge on any atom is -0.377 e. The summed E-state index contributed by atoms with van der Waals surface area (Å²) in [4.78, 5) is 4.96. The summed E-state index contributed by atoms with van der Waals surface area (Å²) < 4.78 is 27.3. The molecule has 0 fully saturated rings. The van der Waals surface area contributed by atoms with Crippen LogP contribution in [0.15, 0.2) is 70.5 Å². The largest absolute Gasteiger partial charge is 0.377 e. The highest BCUT2D eigenvalue weighted by Gasteiger charge is 2.25. The molecule has 168 valence electrons. The molecule has 1 aliphatic rings. The van der Waals surface area contributed by atoms with Gasteiger partial charge in [-0.05, 0) is 79.8 Å². The average molecular weight is 449 g/mol. The highest BCUT2D eigenvalue weighted by molar-refractivity contribution is 7.91. The Balaban J connectivity index is 1.68. The molecule has 0 aliphatic carbocycles. The Bertz CT molecular complexity index is 1210. The Morgan fingerprint density at radius 1 is 0.875 bits per heavy atom. The van der Waals surface area contributed by atoms with E-state index in [0.717, 1.165) is 49.2 Å². The van der Waals surface area contributed by atoms with E-state index in [0.29, 0.717) is 9.79 Å². The van der Waals surface area contributed by atoms with Gasteiger partial charge in [0.25, 0.3) is 0 Å². The molecule has 0 spiro atoms. The van der Waals surface area contributed by atoms with E-state index in [4.69, 9.17) is 0 Å². The number of nitrogens with zero attached hydrogens (tertiary/aromatic N) is 2. The molecule has 3 aromatic carbocycles. The summed E-state index contributed by atoms with van der Waals surface area (Å²) in [6.07, 6.45) is 2.61. The van der Waals surface area contributed by atoms with Gasteiger partial charge in [-0.2, -0.15) is 0 Å². The van der Waals surface area contributed by atoms with Crippen molar-refractivity contribution in [3.8, 4) is 0 Å². The van der Waals surface area contributed by atoms with Crippen LogP contribution in [0, 0.1) is 6.92 Å². The fourth-order valence-corrected chi connectivity index (χ4v) is 5.95. The van der Waals surface area contributed by atoms with Crippen molar-refractivity contribution in [2.45, 2.75) is 36.0 Å². The zero-order valence-electron chi connectivity index (χ0n) is 19.4. The van der Waals surface area contributed by atoms with E-state index in [1.807, 2.05) is 37.2 Å². The van der Waals surface area contributed by atoms with Crippen LogP contribution in [-0.2, 0) is 29.1 Å². The van der Waals surface area contributed by atoms with Crippen molar-refractivity contribution in [3.05, 3.63) is 88.5 Å². The Labute approximate surface area is 192 Å². The summed E-state index contributed by atoms with van der Waals surface area (Å²) in [5.41, 5.74) is 6.73. The lowest BCUT2D eigenvalue weighted by Crippen LogP contribution is -2.20. The third kappa shape index (κ3) is 4.74. The van der Waals surface area contributed by atoms with Gasteiger partial charge in [-0.3, -0.25) is 0 Å². The van der Waals surface area contributed by atoms with Crippen LogP contribution in [0.5, 0.6) is 0 Å². The summed E-state index contributed by atoms with van der Waals surface area (Å²) in [5, 5.41) is 0. The van der Waals surface area contributed by atoms with Crippen LogP contribution in [0.2, 0.25) is 0 Å². The van der Waals surface area contributed by atoms with Crippen LogP contribution < -0.4 is 4.90 Å². The fraction of sp³-hybridized carbons (Fsp3) is 0.333. The molecular weight excluding hydrogens is 416 g/mol. The van der Waals surface area contributed by atoms with E-state index in [1.165, 1.54) is 16.7 Å². The number of hydrogen-bond acceptors (Lipinski definition) is 4. The highest BCUT2D eigenvalue weighted by atomic mass is 32.2. The topological polar surface area (TPSA) is 40.6 Å². The molecule has 3 aromatic rings. The molecule has 1 heterocycles. The van der Waals surface area contributed by atoms with Crippen LogP contribution in [0.3, 0.4) is 0 Å². The third-order valence-corrected chi connectivity index (χ3v) is 8.10. The smallest absolute Gasteiger partial charge is 0.208 e. The summed E-state index contributed by atoms with van der Waals surface area (Å²) in [6.45, 7) is 4.02. The van der Waals surface area contributed by atoms with Crippen LogP contribution >= 0.6 is 0 Å². The molecule has 1 aliphatic heterocycles. The molecule has 0 bridgehead atoms. The van der Waals surface area contributed by atoms with Gasteiger partial charge in [0.1, 0.15) is 0 Å². The monoisotopic (exact) mass is 448 g/mol. The first-order valence-electron chi connectivity index (χ1n) is 11.2. The van der Waals surface area contributed by atoms with Gasteiger partial charge in [-0.15, -0.1) is 0 Å². The molecule has 0 saturated heterocycles. The SMILES string of the molecule is Cc1cccc(Cc2ccc(S(=O)(=O)c3cc4c(cc3N(C)C)CCN(C)CC4)cc2)c1. The zero-order valence-corrected chi connectivity index (χ0v) is 20.2. The highest BCUT2D eigenvalue weighted by Crippen LogP contribution is 2.33. The van der Waals surface area contributed by atoms with Crippen LogP contribution in [0.1, 0.15) is 27.8 Å². The van der Waals surface area contributed by atoms with E-state index in [9.17, 15) is 8.42 Å². The van der Waals surface area contributed by atoms with Gasteiger partial charge in [0.15, 0.2) is 0 Å². The van der Waals surface area contributed by atoms with Crippen molar-refractivity contribution >= 4 is 15.5 Å². The molecule has 32 heavy (non-hydrogen) atoms. The van der Waals surface area contributed by atoms with Crippen LogP contribution in [0.4, 0.5) is 5.69 Å². The van der Waals surface area contributed by atoms with Crippen molar-refractivity contribution in [2.24, 2.45) is 0 Å². The molecule has 0 atom stereocenters. The maximum atomic E-state index is 13.7. The van der Waals surface area contributed by atoms with Gasteiger partial charge in [0.05, 0.1) is 15.5 Å². The maximum absolute atomic E-state index is 13.7. The molecule has 0 unspecified atom stereocenters. The first kappa shape index (κ1) is 22.6. The number of aryl methyl sites for hydroxylation is 1. The van der Waals surface area contributed by atoms with Gasteiger partial charge in [-0.1, -0.05) is 42.0 Å². The lowest BCUT2D eigenvalue weighted by Gasteiger charge is -2.21. The average Bonchev–Trinajstić information content (AvgIpc) is 2.94. The summed E-state index contributed by atoms with van der Waals surface area (Å²) in [7, 11) is 2.32. The van der Waals surface area contributed by atoms with Gasteiger partial charge in [0.2, 0.25) is 9.84 Å². The second kappa shape index (κ2) is 9.08. The quantitative estimate of drug-likeness (QED) is 0.576. The molecule has 4 nitrogen and oxygen atoms in total. The second-order valence-corrected chi connectivity index (χ2v) is 11.0. The van der Waals surface area contributed by atoms with Gasteiger partial charge < -0.3 is 9.80 Å². The van der Waals surface area contributed by atoms with Crippen molar-refractivity contribution < 1.29 is 8.42 Å². The predicted octanol–water partition coefficient (Wildman–Crippen LogP) is 4.52. The zero-order chi connectivity index (χ0) is 22.9. The van der Waals surface area contributed by atoms with Crippen molar-refractivity contribution in [1.29, 1.82) is 0 Å². The lowest BCUT2D eigenvalue weighted by molar-refractivity contribution is 0.352. The maximum Gasteiger partial charge on any atom is 0.208 e. The van der Waals surface area contributed by atoms with Crippen molar-refractivity contribution in [3.63, 3.8) is 0 Å². The van der Waals surface area contributed by atoms with E-state index >= 15 is 0 Å². The Morgan fingerprint density at radius 3 is 2.16 bits per heavy atom. The summed E-state index contributed by atoms with van der Waals surface area (Å²) in [6, 6.07) is 19.8. The number of sulfone groups is 1. The number of anilines is 1. The second-order valence-electron chi connectivity index (χ2n) is 9.10. The number of fused-ring (bicyclic) bond motifs is 1. The number of likely N-dealkylation sites (N-methyl/N-ethyl adjacent to an activating group) is 1. The molecule has 0 radical (unpaired) electrons. The Morgan fingerprint density at radius 2 is 1.53 bits per heavy atom. The molecule has 0 saturated carbocycles. The van der Waals surface area contributed by atoms with Gasteiger partial charge in [-0.25, -0.2) is 8.42 Å². The first-order valence-corrected chi connectivity index (χ1v) is 12.6. The standard InChI is InChI=1S/C27H32N2O2S/c1-20-6-5-7-22(16-20)17-21-8-10-25(11-9-21)32(30,31)27-19-24-13-15-29(4)14-12-23(24)18-26(27)28(2)3/h5-11,16,18-19H,12-15,17H2,1-4H3. The molecule has 0 N–H and O–H groups in total. The van der Waals surface area contributed by atoms with Crippen LogP contribution in [-0.4, -0.2) is 47.6 Å². The summed E-state index contributed by atoms with van der Waals surface area (Å²) in [5.74, 6) is 0.